The molecular formula is C12H20N4O4. The summed E-state index contributed by atoms with van der Waals surface area (Å²) in [5, 5.41) is 13.8. The predicted molar refractivity (Wildman–Crippen MR) is 75.3 cm³/mol. The Morgan fingerprint density at radius 3 is 2.75 bits per heavy atom. The van der Waals surface area contributed by atoms with E-state index in [1.54, 1.807) is 0 Å². The maximum absolute atomic E-state index is 10.9. The van der Waals surface area contributed by atoms with Crippen molar-refractivity contribution in [1.29, 1.82) is 0 Å². The van der Waals surface area contributed by atoms with Crippen LogP contribution in [0.15, 0.2) is 12.1 Å². The first-order valence-corrected chi connectivity index (χ1v) is 6.20. The molecule has 8 nitrogen and oxygen atoms in total. The van der Waals surface area contributed by atoms with Gasteiger partial charge in [0.05, 0.1) is 25.2 Å². The Morgan fingerprint density at radius 1 is 1.40 bits per heavy atom. The molecule has 1 aromatic rings. The van der Waals surface area contributed by atoms with Gasteiger partial charge in [0.2, 0.25) is 11.7 Å². The number of nitrogens with zero attached hydrogens (tertiary/aromatic N) is 3. The molecule has 0 bridgehead atoms. The standard InChI is InChI=1S/C12H20N4O4/c1-15(2)7-9-20-8-6-13-12-10(16(17)18)4-5-11(14-12)19-3/h4-5H,6-9H2,1-3H3,(H,13,14). The van der Waals surface area contributed by atoms with Crippen molar-refractivity contribution in [2.24, 2.45) is 0 Å². The zero-order chi connectivity index (χ0) is 15.0. The Balaban J connectivity index is 2.47. The molecule has 0 saturated heterocycles. The molecule has 0 fully saturated rings. The fourth-order valence-corrected chi connectivity index (χ4v) is 1.42. The van der Waals surface area contributed by atoms with Gasteiger partial charge in [0.1, 0.15) is 0 Å². The number of nitro groups is 1. The van der Waals surface area contributed by atoms with Crippen LogP contribution in [0.5, 0.6) is 5.88 Å². The van der Waals surface area contributed by atoms with E-state index in [-0.39, 0.29) is 11.5 Å². The van der Waals surface area contributed by atoms with Crippen LogP contribution in [0.3, 0.4) is 0 Å². The Bertz CT molecular complexity index is 439. The summed E-state index contributed by atoms with van der Waals surface area (Å²) in [5.74, 6) is 0.511. The van der Waals surface area contributed by atoms with Crippen molar-refractivity contribution in [3.8, 4) is 5.88 Å². The summed E-state index contributed by atoms with van der Waals surface area (Å²) < 4.78 is 10.3. The van der Waals surface area contributed by atoms with Crippen LogP contribution < -0.4 is 10.1 Å². The molecule has 0 aliphatic heterocycles. The third kappa shape index (κ3) is 5.37. The number of hydrogen-bond acceptors (Lipinski definition) is 7. The minimum atomic E-state index is -0.484. The molecule has 1 N–H and O–H groups in total. The summed E-state index contributed by atoms with van der Waals surface area (Å²) in [6, 6.07) is 2.82. The number of nitrogens with one attached hydrogen (secondary N) is 1. The van der Waals surface area contributed by atoms with Crippen LogP contribution in [0.25, 0.3) is 0 Å². The molecule has 20 heavy (non-hydrogen) atoms. The molecule has 0 aliphatic carbocycles. The van der Waals surface area contributed by atoms with Crippen molar-refractivity contribution in [3.63, 3.8) is 0 Å². The second-order valence-electron chi connectivity index (χ2n) is 4.32. The number of hydrogen-bond donors (Lipinski definition) is 1. The highest BCUT2D eigenvalue weighted by Crippen LogP contribution is 2.24. The molecule has 0 unspecified atom stereocenters. The third-order valence-corrected chi connectivity index (χ3v) is 2.48. The first-order chi connectivity index (χ1) is 9.54. The van der Waals surface area contributed by atoms with Crippen LogP contribution in [0, 0.1) is 10.1 Å². The molecule has 112 valence electrons. The molecule has 0 aromatic carbocycles. The van der Waals surface area contributed by atoms with Crippen LogP contribution in [-0.2, 0) is 4.74 Å². The Morgan fingerprint density at radius 2 is 2.15 bits per heavy atom. The first kappa shape index (κ1) is 16.1. The van der Waals surface area contributed by atoms with Gasteiger partial charge in [-0.3, -0.25) is 10.1 Å². The van der Waals surface area contributed by atoms with Crippen molar-refractivity contribution in [2.75, 3.05) is 52.8 Å². The van der Waals surface area contributed by atoms with Gasteiger partial charge in [0.25, 0.3) is 0 Å². The van der Waals surface area contributed by atoms with Gasteiger partial charge in [-0.05, 0) is 14.1 Å². The van der Waals surface area contributed by atoms with Gasteiger partial charge in [0, 0.05) is 25.2 Å². The molecule has 1 rings (SSSR count). The Labute approximate surface area is 117 Å². The normalized spacial score (nSPS) is 10.6. The topological polar surface area (TPSA) is 89.8 Å². The molecule has 0 amide bonds. The highest BCUT2D eigenvalue weighted by Gasteiger charge is 2.15. The molecule has 0 atom stereocenters. The van der Waals surface area contributed by atoms with E-state index in [0.29, 0.717) is 25.6 Å². The minimum absolute atomic E-state index is 0.0842. The Kier molecular flexibility index (Phi) is 6.68. The van der Waals surface area contributed by atoms with Gasteiger partial charge in [-0.15, -0.1) is 0 Å². The molecule has 1 aromatic heterocycles. The Hall–Kier alpha value is -1.93. The van der Waals surface area contributed by atoms with Crippen molar-refractivity contribution in [3.05, 3.63) is 22.2 Å². The summed E-state index contributed by atoms with van der Waals surface area (Å²) >= 11 is 0. The van der Waals surface area contributed by atoms with Crippen LogP contribution in [-0.4, -0.2) is 62.3 Å². The van der Waals surface area contributed by atoms with E-state index in [4.69, 9.17) is 9.47 Å². The van der Waals surface area contributed by atoms with Crippen LogP contribution in [0.1, 0.15) is 0 Å². The van der Waals surface area contributed by atoms with Gasteiger partial charge >= 0.3 is 5.69 Å². The lowest BCUT2D eigenvalue weighted by Crippen LogP contribution is -2.20. The van der Waals surface area contributed by atoms with Gasteiger partial charge in [0.15, 0.2) is 0 Å². The molecule has 0 spiro atoms. The molecule has 0 saturated carbocycles. The zero-order valence-corrected chi connectivity index (χ0v) is 12.0. The lowest BCUT2D eigenvalue weighted by Gasteiger charge is -2.11. The van der Waals surface area contributed by atoms with Crippen molar-refractivity contribution < 1.29 is 14.4 Å². The van der Waals surface area contributed by atoms with E-state index < -0.39 is 4.92 Å². The zero-order valence-electron chi connectivity index (χ0n) is 12.0. The molecule has 0 radical (unpaired) electrons. The molecular weight excluding hydrogens is 264 g/mol. The van der Waals surface area contributed by atoms with Crippen LogP contribution in [0.2, 0.25) is 0 Å². The highest BCUT2D eigenvalue weighted by atomic mass is 16.6. The number of rotatable bonds is 9. The predicted octanol–water partition coefficient (Wildman–Crippen LogP) is 0.988. The number of likely N-dealkylation sites (N-methyl/N-ethyl adjacent to an activating group) is 1. The number of anilines is 1. The highest BCUT2D eigenvalue weighted by molar-refractivity contribution is 5.56. The van der Waals surface area contributed by atoms with E-state index in [1.807, 2.05) is 19.0 Å². The van der Waals surface area contributed by atoms with Crippen molar-refractivity contribution >= 4 is 11.5 Å². The van der Waals surface area contributed by atoms with Crippen molar-refractivity contribution in [2.45, 2.75) is 0 Å². The summed E-state index contributed by atoms with van der Waals surface area (Å²) in [7, 11) is 5.39. The molecule has 8 heteroatoms. The SMILES string of the molecule is COc1ccc([N+](=O)[O-])c(NCCOCCN(C)C)n1. The summed E-state index contributed by atoms with van der Waals surface area (Å²) in [4.78, 5) is 16.4. The molecule has 0 aliphatic rings. The largest absolute Gasteiger partial charge is 0.481 e. The van der Waals surface area contributed by atoms with E-state index in [1.165, 1.54) is 19.2 Å². The van der Waals surface area contributed by atoms with Gasteiger partial charge in [-0.25, -0.2) is 0 Å². The lowest BCUT2D eigenvalue weighted by atomic mass is 10.4. The monoisotopic (exact) mass is 284 g/mol. The average Bonchev–Trinajstić information content (AvgIpc) is 2.41. The molecule has 1 heterocycles. The minimum Gasteiger partial charge on any atom is -0.481 e. The fraction of sp³-hybridized carbons (Fsp3) is 0.583. The lowest BCUT2D eigenvalue weighted by molar-refractivity contribution is -0.384. The summed E-state index contributed by atoms with van der Waals surface area (Å²) in [6.07, 6.45) is 0. The summed E-state index contributed by atoms with van der Waals surface area (Å²) in [5.41, 5.74) is -0.0842. The third-order valence-electron chi connectivity index (χ3n) is 2.48. The number of pyridine rings is 1. The van der Waals surface area contributed by atoms with Crippen LogP contribution >= 0.6 is 0 Å². The summed E-state index contributed by atoms with van der Waals surface area (Å²) in [6.45, 7) is 2.33. The number of aromatic nitrogens is 1. The fourth-order valence-electron chi connectivity index (χ4n) is 1.42. The smallest absolute Gasteiger partial charge is 0.311 e. The maximum atomic E-state index is 10.9. The van der Waals surface area contributed by atoms with E-state index in [0.717, 1.165) is 6.54 Å². The van der Waals surface area contributed by atoms with Crippen molar-refractivity contribution in [1.82, 2.24) is 9.88 Å². The number of ether oxygens (including phenoxy) is 2. The van der Waals surface area contributed by atoms with Crippen LogP contribution in [0.4, 0.5) is 11.5 Å². The van der Waals surface area contributed by atoms with Gasteiger partial charge in [-0.1, -0.05) is 0 Å². The quantitative estimate of drug-likeness (QED) is 0.411. The van der Waals surface area contributed by atoms with Gasteiger partial charge in [-0.2, -0.15) is 4.98 Å². The maximum Gasteiger partial charge on any atom is 0.311 e. The van der Waals surface area contributed by atoms with E-state index in [2.05, 4.69) is 10.3 Å². The first-order valence-electron chi connectivity index (χ1n) is 6.20. The average molecular weight is 284 g/mol. The second-order valence-corrected chi connectivity index (χ2v) is 4.32. The van der Waals surface area contributed by atoms with E-state index >= 15 is 0 Å². The second kappa shape index (κ2) is 8.28. The van der Waals surface area contributed by atoms with E-state index in [9.17, 15) is 10.1 Å². The number of methoxy groups -OCH3 is 1. The van der Waals surface area contributed by atoms with Gasteiger partial charge < -0.3 is 19.7 Å².